The van der Waals surface area contributed by atoms with Gasteiger partial charge in [0.2, 0.25) is 10.0 Å². The Hall–Kier alpha value is -1.91. The minimum Gasteiger partial charge on any atom is -0.481 e. The number of rotatable bonds is 6. The average molecular weight is 282 g/mol. The molecule has 0 aromatic heterocycles. The molecule has 1 aromatic rings. The Bertz CT molecular complexity index is 587. The number of hydrogen-bond acceptors (Lipinski definition) is 4. The van der Waals surface area contributed by atoms with E-state index in [1.807, 2.05) is 6.07 Å². The Morgan fingerprint density at radius 3 is 2.42 bits per heavy atom. The minimum atomic E-state index is -3.62. The smallest absolute Gasteiger partial charge is 0.307 e. The van der Waals surface area contributed by atoms with Crippen LogP contribution in [0.3, 0.4) is 0 Å². The first-order chi connectivity index (χ1) is 8.87. The Kier molecular flexibility index (Phi) is 5.03. The van der Waals surface area contributed by atoms with Crippen LogP contribution in [0.4, 0.5) is 0 Å². The van der Waals surface area contributed by atoms with Crippen molar-refractivity contribution in [3.63, 3.8) is 0 Å². The molecule has 0 heterocycles. The van der Waals surface area contributed by atoms with Gasteiger partial charge in [-0.15, -0.1) is 0 Å². The highest BCUT2D eigenvalue weighted by atomic mass is 32.2. The Balaban J connectivity index is 2.90. The second-order valence-corrected chi connectivity index (χ2v) is 5.99. The number of carbonyl (C=O) groups is 1. The van der Waals surface area contributed by atoms with Crippen LogP contribution in [0, 0.1) is 11.3 Å². The lowest BCUT2D eigenvalue weighted by Crippen LogP contribution is -2.27. The van der Waals surface area contributed by atoms with Crippen molar-refractivity contribution in [1.29, 1.82) is 5.26 Å². The molecule has 6 nitrogen and oxygen atoms in total. The summed E-state index contributed by atoms with van der Waals surface area (Å²) in [5.41, 5.74) is 0.533. The Morgan fingerprint density at radius 1 is 1.37 bits per heavy atom. The van der Waals surface area contributed by atoms with E-state index in [0.29, 0.717) is 5.56 Å². The van der Waals surface area contributed by atoms with Crippen molar-refractivity contribution in [3.05, 3.63) is 29.8 Å². The van der Waals surface area contributed by atoms with Crippen LogP contribution in [0.5, 0.6) is 0 Å². The highest BCUT2D eigenvalue weighted by Gasteiger charge is 2.20. The van der Waals surface area contributed by atoms with E-state index < -0.39 is 16.0 Å². The highest BCUT2D eigenvalue weighted by molar-refractivity contribution is 7.89. The van der Waals surface area contributed by atoms with Crippen molar-refractivity contribution < 1.29 is 18.3 Å². The molecule has 0 saturated carbocycles. The Morgan fingerprint density at radius 2 is 1.95 bits per heavy atom. The molecule has 0 bridgehead atoms. The molecule has 0 saturated heterocycles. The SMILES string of the molecule is CN(CCC#N)S(=O)(=O)c1ccc(CC(=O)O)cc1. The minimum absolute atomic E-state index is 0.0853. The van der Waals surface area contributed by atoms with Crippen molar-refractivity contribution in [3.8, 4) is 6.07 Å². The number of carboxylic acids is 1. The summed E-state index contributed by atoms with van der Waals surface area (Å²) in [6, 6.07) is 7.57. The predicted molar refractivity (Wildman–Crippen MR) is 67.8 cm³/mol. The van der Waals surface area contributed by atoms with E-state index in [0.717, 1.165) is 4.31 Å². The van der Waals surface area contributed by atoms with Crippen LogP contribution in [0.15, 0.2) is 29.2 Å². The largest absolute Gasteiger partial charge is 0.481 e. The van der Waals surface area contributed by atoms with Crippen LogP contribution in [0.25, 0.3) is 0 Å². The van der Waals surface area contributed by atoms with Gasteiger partial charge in [0, 0.05) is 20.0 Å². The lowest BCUT2D eigenvalue weighted by atomic mass is 10.2. The first-order valence-corrected chi connectivity index (χ1v) is 6.96. The molecule has 102 valence electrons. The van der Waals surface area contributed by atoms with Crippen molar-refractivity contribution in [1.82, 2.24) is 4.31 Å². The van der Waals surface area contributed by atoms with E-state index in [4.69, 9.17) is 10.4 Å². The van der Waals surface area contributed by atoms with Crippen LogP contribution < -0.4 is 0 Å². The third-order valence-corrected chi connectivity index (χ3v) is 4.40. The molecule has 0 amide bonds. The zero-order valence-electron chi connectivity index (χ0n) is 10.4. The van der Waals surface area contributed by atoms with Gasteiger partial charge in [-0.25, -0.2) is 8.42 Å². The van der Waals surface area contributed by atoms with E-state index >= 15 is 0 Å². The zero-order valence-corrected chi connectivity index (χ0v) is 11.2. The van der Waals surface area contributed by atoms with Gasteiger partial charge in [0.15, 0.2) is 0 Å². The number of aliphatic carboxylic acids is 1. The van der Waals surface area contributed by atoms with Gasteiger partial charge in [-0.2, -0.15) is 9.57 Å². The number of nitriles is 1. The summed E-state index contributed by atoms with van der Waals surface area (Å²) >= 11 is 0. The second-order valence-electron chi connectivity index (χ2n) is 3.95. The fourth-order valence-electron chi connectivity index (χ4n) is 1.46. The fraction of sp³-hybridized carbons (Fsp3) is 0.333. The molecule has 7 heteroatoms. The van der Waals surface area contributed by atoms with E-state index in [2.05, 4.69) is 0 Å². The molecule has 0 unspecified atom stereocenters. The molecule has 0 spiro atoms. The molecule has 0 aliphatic carbocycles. The van der Waals surface area contributed by atoms with Crippen molar-refractivity contribution in [2.45, 2.75) is 17.7 Å². The maximum absolute atomic E-state index is 12.1. The van der Waals surface area contributed by atoms with Crippen LogP contribution in [-0.2, 0) is 21.2 Å². The number of carboxylic acid groups (broad SMARTS) is 1. The highest BCUT2D eigenvalue weighted by Crippen LogP contribution is 2.15. The van der Waals surface area contributed by atoms with Crippen molar-refractivity contribution in [2.24, 2.45) is 0 Å². The normalized spacial score (nSPS) is 11.2. The number of nitrogens with zero attached hydrogens (tertiary/aromatic N) is 2. The summed E-state index contributed by atoms with van der Waals surface area (Å²) in [6.07, 6.45) is -0.0303. The monoisotopic (exact) mass is 282 g/mol. The van der Waals surface area contributed by atoms with E-state index in [1.165, 1.54) is 31.3 Å². The summed E-state index contributed by atoms with van der Waals surface area (Å²) in [6.45, 7) is 0.121. The zero-order chi connectivity index (χ0) is 14.5. The van der Waals surface area contributed by atoms with Gasteiger partial charge < -0.3 is 5.11 Å². The lowest BCUT2D eigenvalue weighted by Gasteiger charge is -2.15. The maximum atomic E-state index is 12.1. The first-order valence-electron chi connectivity index (χ1n) is 5.52. The fourth-order valence-corrected chi connectivity index (χ4v) is 2.63. The number of benzene rings is 1. The molecule has 0 aliphatic heterocycles. The van der Waals surface area contributed by atoms with Gasteiger partial charge in [-0.05, 0) is 17.7 Å². The van der Waals surface area contributed by atoms with Crippen LogP contribution in [-0.4, -0.2) is 37.4 Å². The predicted octanol–water partition coefficient (Wildman–Crippen LogP) is 0.848. The summed E-state index contributed by atoms with van der Waals surface area (Å²) in [5, 5.41) is 17.1. The Labute approximate surface area is 111 Å². The lowest BCUT2D eigenvalue weighted by molar-refractivity contribution is -0.136. The van der Waals surface area contributed by atoms with Crippen molar-refractivity contribution >= 4 is 16.0 Å². The molecule has 19 heavy (non-hydrogen) atoms. The van der Waals surface area contributed by atoms with Gasteiger partial charge in [-0.1, -0.05) is 12.1 Å². The van der Waals surface area contributed by atoms with Crippen molar-refractivity contribution in [2.75, 3.05) is 13.6 Å². The van der Waals surface area contributed by atoms with Gasteiger partial charge in [0.25, 0.3) is 0 Å². The third kappa shape index (κ3) is 4.05. The van der Waals surface area contributed by atoms with Gasteiger partial charge in [0.05, 0.1) is 17.4 Å². The quantitative estimate of drug-likeness (QED) is 0.834. The third-order valence-electron chi connectivity index (χ3n) is 2.53. The summed E-state index contributed by atoms with van der Waals surface area (Å²) in [5.74, 6) is -0.971. The molecule has 0 radical (unpaired) electrons. The van der Waals surface area contributed by atoms with Gasteiger partial charge >= 0.3 is 5.97 Å². The molecule has 0 aliphatic rings. The number of hydrogen-bond donors (Lipinski definition) is 1. The van der Waals surface area contributed by atoms with E-state index in [9.17, 15) is 13.2 Å². The maximum Gasteiger partial charge on any atom is 0.307 e. The molecule has 0 fully saturated rings. The second kappa shape index (κ2) is 6.31. The van der Waals surface area contributed by atoms with Gasteiger partial charge in [-0.3, -0.25) is 4.79 Å². The molecule has 0 atom stereocenters. The van der Waals surface area contributed by atoms with E-state index in [1.54, 1.807) is 0 Å². The molecule has 1 rings (SSSR count). The van der Waals surface area contributed by atoms with Gasteiger partial charge in [0.1, 0.15) is 0 Å². The summed E-state index contributed by atoms with van der Waals surface area (Å²) in [7, 11) is -2.22. The topological polar surface area (TPSA) is 98.5 Å². The standard InChI is InChI=1S/C12H14N2O4S/c1-14(8-2-7-13)19(17,18)11-5-3-10(4-6-11)9-12(15)16/h3-6H,2,8-9H2,1H3,(H,15,16). The van der Waals surface area contributed by atoms with Crippen LogP contribution in [0.1, 0.15) is 12.0 Å². The summed E-state index contributed by atoms with van der Waals surface area (Å²) < 4.78 is 25.2. The van der Waals surface area contributed by atoms with E-state index in [-0.39, 0.29) is 24.3 Å². The molecule has 1 aromatic carbocycles. The first kappa shape index (κ1) is 15.1. The molecular weight excluding hydrogens is 268 g/mol. The van der Waals surface area contributed by atoms with Crippen LogP contribution in [0.2, 0.25) is 0 Å². The average Bonchev–Trinajstić information content (AvgIpc) is 2.35. The molecular formula is C12H14N2O4S. The number of sulfonamides is 1. The molecule has 1 N–H and O–H groups in total. The van der Waals surface area contributed by atoms with Crippen LogP contribution >= 0.6 is 0 Å². The summed E-state index contributed by atoms with van der Waals surface area (Å²) in [4.78, 5) is 10.6.